The van der Waals surface area contributed by atoms with Gasteiger partial charge in [0, 0.05) is 32.2 Å². The highest BCUT2D eigenvalue weighted by Crippen LogP contribution is 2.24. The van der Waals surface area contributed by atoms with Crippen LogP contribution in [0.15, 0.2) is 0 Å². The second-order valence-corrected chi connectivity index (χ2v) is 4.59. The van der Waals surface area contributed by atoms with E-state index < -0.39 is 0 Å². The maximum absolute atomic E-state index is 11.9. The summed E-state index contributed by atoms with van der Waals surface area (Å²) < 4.78 is 0. The molecule has 2 N–H and O–H groups in total. The second-order valence-electron chi connectivity index (χ2n) is 4.59. The first-order valence-electron chi connectivity index (χ1n) is 6.03. The minimum Gasteiger partial charge on any atom is -0.337 e. The number of piperazine rings is 1. The van der Waals surface area contributed by atoms with Crippen molar-refractivity contribution in [1.82, 2.24) is 9.80 Å². The number of carbonyl (C=O) groups excluding carboxylic acids is 1. The fourth-order valence-corrected chi connectivity index (χ4v) is 2.71. The van der Waals surface area contributed by atoms with Gasteiger partial charge in [-0.15, -0.1) is 0 Å². The van der Waals surface area contributed by atoms with Gasteiger partial charge >= 0.3 is 0 Å². The standard InChI is InChI=1S/C11H21N3O/c12-5-6-13-7-8-14(11(15)9-13)10-3-1-2-4-10/h10H,1-9,12H2. The third-order valence-electron chi connectivity index (χ3n) is 3.55. The summed E-state index contributed by atoms with van der Waals surface area (Å²) in [6, 6.07) is 0.539. The fourth-order valence-electron chi connectivity index (χ4n) is 2.71. The zero-order valence-corrected chi connectivity index (χ0v) is 9.32. The molecule has 0 atom stereocenters. The molecule has 0 spiro atoms. The highest BCUT2D eigenvalue weighted by Gasteiger charge is 2.30. The molecule has 1 heterocycles. The van der Waals surface area contributed by atoms with Crippen LogP contribution < -0.4 is 5.73 Å². The summed E-state index contributed by atoms with van der Waals surface area (Å²) in [4.78, 5) is 16.2. The summed E-state index contributed by atoms with van der Waals surface area (Å²) in [6.45, 7) is 3.98. The number of amides is 1. The lowest BCUT2D eigenvalue weighted by Gasteiger charge is -2.37. The first-order valence-corrected chi connectivity index (χ1v) is 6.03. The summed E-state index contributed by atoms with van der Waals surface area (Å²) in [5.41, 5.74) is 5.50. The Labute approximate surface area is 91.4 Å². The van der Waals surface area contributed by atoms with Crippen LogP contribution in [0.5, 0.6) is 0 Å². The molecule has 1 amide bonds. The topological polar surface area (TPSA) is 49.6 Å². The Kier molecular flexibility index (Phi) is 3.59. The van der Waals surface area contributed by atoms with Crippen molar-refractivity contribution >= 4 is 5.91 Å². The van der Waals surface area contributed by atoms with Crippen molar-refractivity contribution in [2.24, 2.45) is 5.73 Å². The minimum absolute atomic E-state index is 0.307. The van der Waals surface area contributed by atoms with Crippen LogP contribution in [-0.2, 0) is 4.79 Å². The average molecular weight is 211 g/mol. The van der Waals surface area contributed by atoms with E-state index in [0.717, 1.165) is 19.6 Å². The lowest BCUT2D eigenvalue weighted by atomic mass is 10.1. The molecule has 15 heavy (non-hydrogen) atoms. The number of rotatable bonds is 3. The van der Waals surface area contributed by atoms with Crippen molar-refractivity contribution in [2.75, 3.05) is 32.7 Å². The van der Waals surface area contributed by atoms with Crippen LogP contribution in [0.3, 0.4) is 0 Å². The Morgan fingerprint density at radius 3 is 2.60 bits per heavy atom. The van der Waals surface area contributed by atoms with Gasteiger partial charge in [0.1, 0.15) is 0 Å². The second kappa shape index (κ2) is 4.94. The molecule has 1 aliphatic carbocycles. The molecular weight excluding hydrogens is 190 g/mol. The van der Waals surface area contributed by atoms with Crippen molar-refractivity contribution in [2.45, 2.75) is 31.7 Å². The molecule has 1 saturated carbocycles. The van der Waals surface area contributed by atoms with Gasteiger partial charge in [-0.25, -0.2) is 0 Å². The summed E-state index contributed by atoms with van der Waals surface area (Å²) in [7, 11) is 0. The Bertz CT molecular complexity index is 226. The van der Waals surface area contributed by atoms with Crippen LogP contribution >= 0.6 is 0 Å². The van der Waals surface area contributed by atoms with E-state index in [9.17, 15) is 4.79 Å². The van der Waals surface area contributed by atoms with Crippen molar-refractivity contribution in [1.29, 1.82) is 0 Å². The Balaban J connectivity index is 1.86. The van der Waals surface area contributed by atoms with Gasteiger partial charge in [0.2, 0.25) is 5.91 Å². The van der Waals surface area contributed by atoms with Crippen LogP contribution in [0.25, 0.3) is 0 Å². The molecular formula is C11H21N3O. The number of nitrogens with two attached hydrogens (primary N) is 1. The van der Waals surface area contributed by atoms with E-state index in [1.165, 1.54) is 25.7 Å². The number of carbonyl (C=O) groups is 1. The van der Waals surface area contributed by atoms with Crippen molar-refractivity contribution in [3.05, 3.63) is 0 Å². The average Bonchev–Trinajstić information content (AvgIpc) is 2.71. The van der Waals surface area contributed by atoms with Crippen LogP contribution in [0.2, 0.25) is 0 Å². The molecule has 2 aliphatic rings. The summed E-state index contributed by atoms with van der Waals surface area (Å²) in [6.07, 6.45) is 5.01. The van der Waals surface area contributed by atoms with E-state index in [1.54, 1.807) is 0 Å². The molecule has 86 valence electrons. The molecule has 2 rings (SSSR count). The number of hydrogen-bond acceptors (Lipinski definition) is 3. The van der Waals surface area contributed by atoms with Gasteiger partial charge in [-0.1, -0.05) is 12.8 Å². The van der Waals surface area contributed by atoms with Gasteiger partial charge in [-0.3, -0.25) is 9.69 Å². The van der Waals surface area contributed by atoms with Gasteiger partial charge in [0.05, 0.1) is 6.54 Å². The molecule has 2 fully saturated rings. The highest BCUT2D eigenvalue weighted by molar-refractivity contribution is 5.79. The maximum atomic E-state index is 11.9. The molecule has 0 aromatic carbocycles. The molecule has 4 heteroatoms. The lowest BCUT2D eigenvalue weighted by molar-refractivity contribution is -0.138. The Hall–Kier alpha value is -0.610. The molecule has 4 nitrogen and oxygen atoms in total. The van der Waals surface area contributed by atoms with Gasteiger partial charge in [-0.05, 0) is 12.8 Å². The maximum Gasteiger partial charge on any atom is 0.237 e. The smallest absolute Gasteiger partial charge is 0.237 e. The van der Waals surface area contributed by atoms with Crippen LogP contribution in [0.4, 0.5) is 0 Å². The Morgan fingerprint density at radius 2 is 2.00 bits per heavy atom. The summed E-state index contributed by atoms with van der Waals surface area (Å²) >= 11 is 0. The predicted octanol–water partition coefficient (Wildman–Crippen LogP) is 0.0319. The molecule has 0 aromatic heterocycles. The van der Waals surface area contributed by atoms with Gasteiger partial charge in [0.25, 0.3) is 0 Å². The minimum atomic E-state index is 0.307. The van der Waals surface area contributed by atoms with Gasteiger partial charge < -0.3 is 10.6 Å². The first kappa shape index (κ1) is 10.9. The van der Waals surface area contributed by atoms with Crippen molar-refractivity contribution in [3.8, 4) is 0 Å². The van der Waals surface area contributed by atoms with E-state index in [4.69, 9.17) is 5.73 Å². The fraction of sp³-hybridized carbons (Fsp3) is 0.909. The molecule has 0 bridgehead atoms. The van der Waals surface area contributed by atoms with Crippen LogP contribution in [0, 0.1) is 0 Å². The third-order valence-corrected chi connectivity index (χ3v) is 3.55. The van der Waals surface area contributed by atoms with E-state index >= 15 is 0 Å². The predicted molar refractivity (Wildman–Crippen MR) is 59.5 cm³/mol. The zero-order chi connectivity index (χ0) is 10.7. The zero-order valence-electron chi connectivity index (χ0n) is 9.32. The van der Waals surface area contributed by atoms with Gasteiger partial charge in [-0.2, -0.15) is 0 Å². The quantitative estimate of drug-likeness (QED) is 0.716. The van der Waals surface area contributed by atoms with Crippen molar-refractivity contribution in [3.63, 3.8) is 0 Å². The Morgan fingerprint density at radius 1 is 1.27 bits per heavy atom. The molecule has 0 radical (unpaired) electrons. The SMILES string of the molecule is NCCN1CCN(C2CCCC2)C(=O)C1. The first-order chi connectivity index (χ1) is 7.31. The largest absolute Gasteiger partial charge is 0.337 e. The number of nitrogens with zero attached hydrogens (tertiary/aromatic N) is 2. The number of hydrogen-bond donors (Lipinski definition) is 1. The third kappa shape index (κ3) is 2.49. The van der Waals surface area contributed by atoms with E-state index in [0.29, 0.717) is 25.0 Å². The van der Waals surface area contributed by atoms with E-state index in [-0.39, 0.29) is 0 Å². The monoisotopic (exact) mass is 211 g/mol. The molecule has 0 unspecified atom stereocenters. The van der Waals surface area contributed by atoms with Crippen LogP contribution in [0.1, 0.15) is 25.7 Å². The summed E-state index contributed by atoms with van der Waals surface area (Å²) in [5, 5.41) is 0. The summed E-state index contributed by atoms with van der Waals surface area (Å²) in [5.74, 6) is 0.307. The molecule has 0 aromatic rings. The van der Waals surface area contributed by atoms with Gasteiger partial charge in [0.15, 0.2) is 0 Å². The van der Waals surface area contributed by atoms with Crippen LogP contribution in [-0.4, -0.2) is 54.5 Å². The lowest BCUT2D eigenvalue weighted by Crippen LogP contribution is -2.54. The van der Waals surface area contributed by atoms with Crippen molar-refractivity contribution < 1.29 is 4.79 Å². The van der Waals surface area contributed by atoms with E-state index in [2.05, 4.69) is 9.80 Å². The van der Waals surface area contributed by atoms with E-state index in [1.807, 2.05) is 0 Å². The molecule has 1 aliphatic heterocycles. The molecule has 1 saturated heterocycles. The highest BCUT2D eigenvalue weighted by atomic mass is 16.2. The normalized spacial score (nSPS) is 25.1.